The van der Waals surface area contributed by atoms with Gasteiger partial charge in [0.1, 0.15) is 16.4 Å². The van der Waals surface area contributed by atoms with Gasteiger partial charge in [-0.2, -0.15) is 0 Å². The molecule has 1 aromatic heterocycles. The van der Waals surface area contributed by atoms with E-state index < -0.39 is 5.60 Å². The van der Waals surface area contributed by atoms with Crippen LogP contribution in [0, 0.1) is 0 Å². The smallest absolute Gasteiger partial charge is 0.410 e. The third-order valence-electron chi connectivity index (χ3n) is 4.70. The van der Waals surface area contributed by atoms with E-state index in [1.165, 1.54) is 11.3 Å². The highest BCUT2D eigenvalue weighted by molar-refractivity contribution is 7.18. The summed E-state index contributed by atoms with van der Waals surface area (Å²) in [6.07, 6.45) is 0.235. The minimum atomic E-state index is -0.557. The molecule has 178 valence electrons. The normalized spacial score (nSPS) is 15.3. The minimum Gasteiger partial charge on any atom is -0.489 e. The summed E-state index contributed by atoms with van der Waals surface area (Å²) in [5.41, 5.74) is 8.74. The van der Waals surface area contributed by atoms with Crippen LogP contribution in [0.4, 0.5) is 9.93 Å². The first-order valence-corrected chi connectivity index (χ1v) is 11.9. The second-order valence-electron chi connectivity index (χ2n) is 9.05. The quantitative estimate of drug-likeness (QED) is 0.546. The summed E-state index contributed by atoms with van der Waals surface area (Å²) in [6.45, 7) is 12.1. The molecule has 0 unspecified atom stereocenters. The second-order valence-corrected chi connectivity index (χ2v) is 10.4. The first-order chi connectivity index (χ1) is 15.4. The van der Waals surface area contributed by atoms with Gasteiger partial charge in [-0.25, -0.2) is 9.79 Å². The second kappa shape index (κ2) is 10.1. The molecule has 0 fully saturated rings. The molecule has 0 bridgehead atoms. The monoisotopic (exact) mass is 491 g/mol. The Morgan fingerprint density at radius 1 is 1.30 bits per heavy atom. The number of rotatable bonds is 5. The molecular weight excluding hydrogens is 462 g/mol. The molecule has 10 heteroatoms. The lowest BCUT2D eigenvalue weighted by Gasteiger charge is -2.31. The molecule has 0 radical (unpaired) electrons. The van der Waals surface area contributed by atoms with Gasteiger partial charge in [-0.05, 0) is 59.7 Å². The van der Waals surface area contributed by atoms with Gasteiger partial charge in [-0.3, -0.25) is 0 Å². The molecule has 1 aliphatic heterocycles. The van der Waals surface area contributed by atoms with E-state index in [0.29, 0.717) is 51.8 Å². The van der Waals surface area contributed by atoms with Crippen molar-refractivity contribution < 1.29 is 14.3 Å². The predicted octanol–water partition coefficient (Wildman–Crippen LogP) is 5.59. The summed E-state index contributed by atoms with van der Waals surface area (Å²) >= 11 is 7.70. The van der Waals surface area contributed by atoms with E-state index in [0.717, 1.165) is 11.1 Å². The van der Waals surface area contributed by atoms with Crippen LogP contribution < -0.4 is 10.5 Å². The van der Waals surface area contributed by atoms with Crippen LogP contribution in [0.3, 0.4) is 0 Å². The molecule has 0 saturated heterocycles. The molecule has 1 aromatic carbocycles. The molecule has 0 aliphatic carbocycles. The van der Waals surface area contributed by atoms with Crippen molar-refractivity contribution >= 4 is 39.9 Å². The fourth-order valence-corrected chi connectivity index (χ4v) is 4.17. The van der Waals surface area contributed by atoms with Crippen LogP contribution in [0.25, 0.3) is 10.6 Å². The molecule has 1 aliphatic rings. The molecule has 2 N–H and O–H groups in total. The lowest BCUT2D eigenvalue weighted by atomic mass is 10.0. The van der Waals surface area contributed by atoms with Gasteiger partial charge in [-0.1, -0.05) is 22.9 Å². The highest BCUT2D eigenvalue weighted by atomic mass is 35.5. The summed E-state index contributed by atoms with van der Waals surface area (Å²) in [6, 6.07) is 5.53. The van der Waals surface area contributed by atoms with E-state index in [1.54, 1.807) is 11.0 Å². The number of nitrogens with zero attached hydrogens (tertiary/aromatic N) is 4. The van der Waals surface area contributed by atoms with Gasteiger partial charge in [0.15, 0.2) is 0 Å². The molecule has 3 rings (SSSR count). The number of benzene rings is 1. The Morgan fingerprint density at radius 2 is 2.03 bits per heavy atom. The molecule has 2 heterocycles. The molecule has 33 heavy (non-hydrogen) atoms. The van der Waals surface area contributed by atoms with Crippen molar-refractivity contribution in [1.29, 1.82) is 0 Å². The van der Waals surface area contributed by atoms with Crippen LogP contribution in [0.15, 0.2) is 34.5 Å². The fraction of sp³-hybridized carbons (Fsp3) is 0.478. The van der Waals surface area contributed by atoms with Gasteiger partial charge in [-0.15, -0.1) is 10.2 Å². The van der Waals surface area contributed by atoms with E-state index >= 15 is 0 Å². The molecule has 2 aromatic rings. The van der Waals surface area contributed by atoms with Crippen molar-refractivity contribution in [2.45, 2.75) is 59.7 Å². The lowest BCUT2D eigenvalue weighted by Crippen LogP contribution is -2.42. The van der Waals surface area contributed by atoms with E-state index in [2.05, 4.69) is 15.2 Å². The number of amides is 1. The van der Waals surface area contributed by atoms with E-state index in [-0.39, 0.29) is 12.2 Å². The van der Waals surface area contributed by atoms with Gasteiger partial charge in [0.2, 0.25) is 5.13 Å². The minimum absolute atomic E-state index is 0.0339. The van der Waals surface area contributed by atoms with E-state index in [9.17, 15) is 4.79 Å². The largest absolute Gasteiger partial charge is 0.489 e. The van der Waals surface area contributed by atoms with E-state index in [4.69, 9.17) is 26.8 Å². The van der Waals surface area contributed by atoms with Crippen molar-refractivity contribution in [2.24, 2.45) is 10.7 Å². The molecule has 0 saturated carbocycles. The van der Waals surface area contributed by atoms with Gasteiger partial charge < -0.3 is 20.1 Å². The van der Waals surface area contributed by atoms with Crippen molar-refractivity contribution in [3.63, 3.8) is 0 Å². The zero-order valence-corrected chi connectivity index (χ0v) is 21.4. The Balaban J connectivity index is 1.76. The average molecular weight is 492 g/mol. The third-order valence-corrected chi connectivity index (χ3v) is 5.86. The standard InChI is InChI=1S/C23H30ClN5O3S/c1-13(2)31-19-8-7-15(11-17(19)24)20-27-28-21(33-20)26-14(3)16-12-29(10-9-18(16)25)22(30)32-23(4,5)6/h7-8,11,13H,9-10,12,25H2,1-6H3. The first-order valence-electron chi connectivity index (χ1n) is 10.7. The topological polar surface area (TPSA) is 103 Å². The SMILES string of the molecule is CC(=Nc1nnc(-c2ccc(OC(C)C)c(Cl)c2)s1)C1=C(N)CCN(C(=O)OC(C)(C)C)C1. The summed E-state index contributed by atoms with van der Waals surface area (Å²) in [7, 11) is 0. The maximum atomic E-state index is 12.5. The van der Waals surface area contributed by atoms with Crippen LogP contribution in [0.5, 0.6) is 5.75 Å². The number of ether oxygens (including phenoxy) is 2. The highest BCUT2D eigenvalue weighted by Crippen LogP contribution is 2.34. The summed E-state index contributed by atoms with van der Waals surface area (Å²) in [5.74, 6) is 0.628. The zero-order valence-electron chi connectivity index (χ0n) is 19.8. The Bertz CT molecular complexity index is 1090. The Kier molecular flexibility index (Phi) is 7.64. The molecule has 0 spiro atoms. The summed E-state index contributed by atoms with van der Waals surface area (Å²) < 4.78 is 11.2. The predicted molar refractivity (Wildman–Crippen MR) is 133 cm³/mol. The van der Waals surface area contributed by atoms with Gasteiger partial charge >= 0.3 is 6.09 Å². The van der Waals surface area contributed by atoms with Crippen molar-refractivity contribution in [2.75, 3.05) is 13.1 Å². The maximum Gasteiger partial charge on any atom is 0.410 e. The van der Waals surface area contributed by atoms with Crippen LogP contribution in [-0.4, -0.2) is 51.7 Å². The van der Waals surface area contributed by atoms with Crippen molar-refractivity contribution in [3.05, 3.63) is 34.5 Å². The molecule has 0 atom stereocenters. The molecule has 1 amide bonds. The Morgan fingerprint density at radius 3 is 2.67 bits per heavy atom. The van der Waals surface area contributed by atoms with E-state index in [1.807, 2.05) is 53.7 Å². The number of halogens is 1. The number of hydrogen-bond donors (Lipinski definition) is 1. The highest BCUT2D eigenvalue weighted by Gasteiger charge is 2.27. The van der Waals surface area contributed by atoms with Gasteiger partial charge in [0.05, 0.1) is 17.7 Å². The number of carbonyl (C=O) groups excluding carboxylic acids is 1. The molecule has 8 nitrogen and oxygen atoms in total. The van der Waals surface area contributed by atoms with Gasteiger partial charge in [0, 0.05) is 35.5 Å². The number of aliphatic imine (C=N–C) groups is 1. The van der Waals surface area contributed by atoms with Crippen LogP contribution >= 0.6 is 22.9 Å². The van der Waals surface area contributed by atoms with Crippen molar-refractivity contribution in [3.8, 4) is 16.3 Å². The first kappa shape index (κ1) is 25.0. The van der Waals surface area contributed by atoms with Crippen molar-refractivity contribution in [1.82, 2.24) is 15.1 Å². The van der Waals surface area contributed by atoms with Gasteiger partial charge in [0.25, 0.3) is 0 Å². The lowest BCUT2D eigenvalue weighted by molar-refractivity contribution is 0.0262. The van der Waals surface area contributed by atoms with Crippen LogP contribution in [-0.2, 0) is 4.74 Å². The average Bonchev–Trinajstić information content (AvgIpc) is 3.16. The zero-order chi connectivity index (χ0) is 24.3. The maximum absolute atomic E-state index is 12.5. The number of hydrogen-bond acceptors (Lipinski definition) is 8. The Hall–Kier alpha value is -2.65. The third kappa shape index (κ3) is 6.68. The summed E-state index contributed by atoms with van der Waals surface area (Å²) in [4.78, 5) is 18.7. The number of nitrogens with two attached hydrogens (primary N) is 1. The summed E-state index contributed by atoms with van der Waals surface area (Å²) in [5, 5.41) is 10.1. The number of carbonyl (C=O) groups is 1. The van der Waals surface area contributed by atoms with Crippen LogP contribution in [0.2, 0.25) is 5.02 Å². The number of aromatic nitrogens is 2. The van der Waals surface area contributed by atoms with Crippen LogP contribution in [0.1, 0.15) is 48.0 Å². The fourth-order valence-electron chi connectivity index (χ4n) is 3.18. The Labute approximate surface area is 203 Å². The molecular formula is C23H30ClN5O3S.